The van der Waals surface area contributed by atoms with Gasteiger partial charge in [-0.2, -0.15) is 0 Å². The minimum atomic E-state index is 0.985. The van der Waals surface area contributed by atoms with Gasteiger partial charge >= 0.3 is 0 Å². The van der Waals surface area contributed by atoms with Gasteiger partial charge in [-0.25, -0.2) is 0 Å². The van der Waals surface area contributed by atoms with Gasteiger partial charge < -0.3 is 4.90 Å². The largest absolute Gasteiger partial charge is 0.362 e. The SMILES string of the molecule is Cc1ccc(CN2CCCC2=S)cc1. The lowest BCUT2D eigenvalue weighted by Crippen LogP contribution is -2.22. The molecule has 1 nitrogen and oxygen atoms in total. The maximum absolute atomic E-state index is 5.29. The Kier molecular flexibility index (Phi) is 2.82. The lowest BCUT2D eigenvalue weighted by atomic mass is 10.1. The van der Waals surface area contributed by atoms with Crippen molar-refractivity contribution >= 4 is 17.2 Å². The third-order valence-electron chi connectivity index (χ3n) is 2.67. The maximum Gasteiger partial charge on any atom is 0.0782 e. The molecule has 0 N–H and O–H groups in total. The third-order valence-corrected chi connectivity index (χ3v) is 3.13. The monoisotopic (exact) mass is 205 g/mol. The Hall–Kier alpha value is -0.890. The lowest BCUT2D eigenvalue weighted by Gasteiger charge is -2.17. The van der Waals surface area contributed by atoms with Gasteiger partial charge in [-0.3, -0.25) is 0 Å². The number of thiocarbonyl (C=S) groups is 1. The van der Waals surface area contributed by atoms with Crippen LogP contribution in [0.15, 0.2) is 24.3 Å². The summed E-state index contributed by atoms with van der Waals surface area (Å²) in [5.74, 6) is 0. The molecule has 0 radical (unpaired) electrons. The molecule has 2 rings (SSSR count). The second-order valence-corrected chi connectivity index (χ2v) is 4.38. The molecular weight excluding hydrogens is 190 g/mol. The standard InChI is InChI=1S/C12H15NS/c1-10-4-6-11(7-5-10)9-13-8-2-3-12(13)14/h4-7H,2-3,8-9H2,1H3. The molecule has 74 valence electrons. The Morgan fingerprint density at radius 1 is 1.29 bits per heavy atom. The number of benzene rings is 1. The van der Waals surface area contributed by atoms with E-state index in [1.807, 2.05) is 0 Å². The molecule has 0 bridgehead atoms. The summed E-state index contributed by atoms with van der Waals surface area (Å²) in [6.07, 6.45) is 2.33. The quantitative estimate of drug-likeness (QED) is 0.683. The molecule has 1 saturated heterocycles. The molecule has 1 fully saturated rings. The highest BCUT2D eigenvalue weighted by molar-refractivity contribution is 7.80. The number of hydrogen-bond acceptors (Lipinski definition) is 1. The Balaban J connectivity index is 2.03. The van der Waals surface area contributed by atoms with Crippen LogP contribution in [-0.2, 0) is 6.54 Å². The molecule has 2 heteroatoms. The highest BCUT2D eigenvalue weighted by Gasteiger charge is 2.15. The van der Waals surface area contributed by atoms with Gasteiger partial charge in [0, 0.05) is 13.1 Å². The van der Waals surface area contributed by atoms with Crippen LogP contribution in [-0.4, -0.2) is 16.4 Å². The average molecular weight is 205 g/mol. The Bertz CT molecular complexity index is 329. The van der Waals surface area contributed by atoms with Gasteiger partial charge in [-0.05, 0) is 25.3 Å². The molecule has 0 aromatic heterocycles. The van der Waals surface area contributed by atoms with Crippen molar-refractivity contribution in [2.24, 2.45) is 0 Å². The molecular formula is C12H15NS. The molecule has 1 aromatic rings. The predicted molar refractivity (Wildman–Crippen MR) is 63.4 cm³/mol. The first-order valence-electron chi connectivity index (χ1n) is 5.09. The van der Waals surface area contributed by atoms with Crippen molar-refractivity contribution in [2.75, 3.05) is 6.54 Å². The molecule has 0 unspecified atom stereocenters. The van der Waals surface area contributed by atoms with Crippen molar-refractivity contribution in [3.63, 3.8) is 0 Å². The molecule has 1 aromatic carbocycles. The third kappa shape index (κ3) is 2.13. The van der Waals surface area contributed by atoms with E-state index in [2.05, 4.69) is 36.1 Å². The van der Waals surface area contributed by atoms with Gasteiger partial charge in [0.2, 0.25) is 0 Å². The van der Waals surface area contributed by atoms with Crippen LogP contribution >= 0.6 is 12.2 Å². The normalized spacial score (nSPS) is 16.4. The van der Waals surface area contributed by atoms with Crippen molar-refractivity contribution in [1.82, 2.24) is 4.90 Å². The fourth-order valence-corrected chi connectivity index (χ4v) is 2.09. The second kappa shape index (κ2) is 4.09. The zero-order chi connectivity index (χ0) is 9.97. The molecule has 0 saturated carbocycles. The van der Waals surface area contributed by atoms with Crippen LogP contribution in [0.2, 0.25) is 0 Å². The Morgan fingerprint density at radius 3 is 2.57 bits per heavy atom. The van der Waals surface area contributed by atoms with Crippen molar-refractivity contribution in [1.29, 1.82) is 0 Å². The van der Waals surface area contributed by atoms with E-state index in [4.69, 9.17) is 12.2 Å². The summed E-state index contributed by atoms with van der Waals surface area (Å²) >= 11 is 5.29. The van der Waals surface area contributed by atoms with Crippen LogP contribution in [0.5, 0.6) is 0 Å². The Labute approximate surface area is 90.7 Å². The van der Waals surface area contributed by atoms with E-state index in [9.17, 15) is 0 Å². The van der Waals surface area contributed by atoms with Crippen LogP contribution in [0.3, 0.4) is 0 Å². The number of nitrogens with zero attached hydrogens (tertiary/aromatic N) is 1. The lowest BCUT2D eigenvalue weighted by molar-refractivity contribution is 0.454. The molecule has 1 aliphatic rings. The fraction of sp³-hybridized carbons (Fsp3) is 0.417. The zero-order valence-electron chi connectivity index (χ0n) is 8.49. The second-order valence-electron chi connectivity index (χ2n) is 3.90. The van der Waals surface area contributed by atoms with Crippen LogP contribution in [0, 0.1) is 6.92 Å². The van der Waals surface area contributed by atoms with Gasteiger partial charge in [0.25, 0.3) is 0 Å². The summed E-state index contributed by atoms with van der Waals surface area (Å²) in [5, 5.41) is 0. The molecule has 0 amide bonds. The van der Waals surface area contributed by atoms with Crippen LogP contribution in [0.1, 0.15) is 24.0 Å². The van der Waals surface area contributed by atoms with Crippen LogP contribution in [0.4, 0.5) is 0 Å². The first kappa shape index (κ1) is 9.66. The van der Waals surface area contributed by atoms with Crippen molar-refractivity contribution in [2.45, 2.75) is 26.3 Å². The van der Waals surface area contributed by atoms with E-state index in [0.29, 0.717) is 0 Å². The van der Waals surface area contributed by atoms with Crippen LogP contribution < -0.4 is 0 Å². The van der Waals surface area contributed by atoms with Gasteiger partial charge in [0.1, 0.15) is 0 Å². The number of hydrogen-bond donors (Lipinski definition) is 0. The minimum absolute atomic E-state index is 0.985. The van der Waals surface area contributed by atoms with E-state index >= 15 is 0 Å². The zero-order valence-corrected chi connectivity index (χ0v) is 9.31. The summed E-state index contributed by atoms with van der Waals surface area (Å²) in [7, 11) is 0. The average Bonchev–Trinajstić information content (AvgIpc) is 2.56. The summed E-state index contributed by atoms with van der Waals surface area (Å²) in [6.45, 7) is 4.23. The summed E-state index contributed by atoms with van der Waals surface area (Å²) in [5.41, 5.74) is 2.68. The van der Waals surface area contributed by atoms with E-state index < -0.39 is 0 Å². The van der Waals surface area contributed by atoms with Crippen molar-refractivity contribution in [3.8, 4) is 0 Å². The first-order chi connectivity index (χ1) is 6.75. The summed E-state index contributed by atoms with van der Waals surface area (Å²) in [4.78, 5) is 3.44. The van der Waals surface area contributed by atoms with Crippen LogP contribution in [0.25, 0.3) is 0 Å². The molecule has 0 atom stereocenters. The van der Waals surface area contributed by atoms with E-state index in [0.717, 1.165) is 24.5 Å². The fourth-order valence-electron chi connectivity index (χ4n) is 1.79. The Morgan fingerprint density at radius 2 is 2.00 bits per heavy atom. The summed E-state index contributed by atoms with van der Waals surface area (Å²) in [6, 6.07) is 8.70. The van der Waals surface area contributed by atoms with Gasteiger partial charge in [0.05, 0.1) is 4.99 Å². The maximum atomic E-state index is 5.29. The number of rotatable bonds is 2. The van der Waals surface area contributed by atoms with E-state index in [1.165, 1.54) is 17.5 Å². The molecule has 0 spiro atoms. The predicted octanol–water partition coefficient (Wildman–Crippen LogP) is 2.92. The van der Waals surface area contributed by atoms with Crippen molar-refractivity contribution in [3.05, 3.63) is 35.4 Å². The van der Waals surface area contributed by atoms with Crippen molar-refractivity contribution < 1.29 is 0 Å². The molecule has 0 aliphatic carbocycles. The highest BCUT2D eigenvalue weighted by atomic mass is 32.1. The molecule has 14 heavy (non-hydrogen) atoms. The first-order valence-corrected chi connectivity index (χ1v) is 5.50. The number of likely N-dealkylation sites (tertiary alicyclic amines) is 1. The smallest absolute Gasteiger partial charge is 0.0782 e. The molecule has 1 heterocycles. The van der Waals surface area contributed by atoms with Gasteiger partial charge in [-0.15, -0.1) is 0 Å². The van der Waals surface area contributed by atoms with Gasteiger partial charge in [-0.1, -0.05) is 42.0 Å². The topological polar surface area (TPSA) is 3.24 Å². The highest BCUT2D eigenvalue weighted by Crippen LogP contribution is 2.15. The van der Waals surface area contributed by atoms with Gasteiger partial charge in [0.15, 0.2) is 0 Å². The molecule has 1 aliphatic heterocycles. The number of aryl methyl sites for hydroxylation is 1. The van der Waals surface area contributed by atoms with E-state index in [-0.39, 0.29) is 0 Å². The van der Waals surface area contributed by atoms with E-state index in [1.54, 1.807) is 0 Å². The summed E-state index contributed by atoms with van der Waals surface area (Å²) < 4.78 is 0. The minimum Gasteiger partial charge on any atom is -0.362 e.